The van der Waals surface area contributed by atoms with E-state index in [-0.39, 0.29) is 21.8 Å². The highest BCUT2D eigenvalue weighted by Crippen LogP contribution is 2.48. The molecule has 7 nitrogen and oxygen atoms in total. The Kier molecular flexibility index (Phi) is 6.74. The molecule has 0 bridgehead atoms. The molecule has 3 rings (SSSR count). The van der Waals surface area contributed by atoms with E-state index >= 15 is 0 Å². The van der Waals surface area contributed by atoms with Crippen LogP contribution in [0, 0.1) is 5.82 Å². The fourth-order valence-corrected chi connectivity index (χ4v) is 2.96. The Morgan fingerprint density at radius 2 is 1.44 bits per heavy atom. The molecule has 1 aromatic carbocycles. The number of alkyl halides is 8. The van der Waals surface area contributed by atoms with Crippen LogP contribution in [-0.4, -0.2) is 32.8 Å². The van der Waals surface area contributed by atoms with E-state index in [2.05, 4.69) is 15.4 Å². The lowest BCUT2D eigenvalue weighted by atomic mass is 10.1. The number of nitrogens with one attached hydrogen (secondary N) is 2. The highest BCUT2D eigenvalue weighted by Gasteiger charge is 2.64. The zero-order valence-electron chi connectivity index (χ0n) is 17.6. The van der Waals surface area contributed by atoms with Gasteiger partial charge in [0.05, 0.1) is 0 Å². The minimum Gasteiger partial charge on any atom is -0.321 e. The monoisotopic (exact) mass is 525 g/mol. The fraction of sp³-hybridized carbons (Fsp3) is 0.200. The van der Waals surface area contributed by atoms with Gasteiger partial charge in [0.1, 0.15) is 22.8 Å². The molecule has 192 valence electrons. The minimum atomic E-state index is -6.42. The number of halogens is 9. The summed E-state index contributed by atoms with van der Waals surface area (Å²) in [5, 5.41) is 6.86. The van der Waals surface area contributed by atoms with Crippen molar-refractivity contribution >= 4 is 23.2 Å². The van der Waals surface area contributed by atoms with Crippen LogP contribution in [0.2, 0.25) is 0 Å². The van der Waals surface area contributed by atoms with E-state index in [0.29, 0.717) is 7.05 Å². The van der Waals surface area contributed by atoms with Crippen LogP contribution in [0.15, 0.2) is 42.6 Å². The van der Waals surface area contributed by atoms with Crippen molar-refractivity contribution in [3.63, 3.8) is 0 Å². The van der Waals surface area contributed by atoms with E-state index in [1.807, 2.05) is 5.32 Å². The Labute approximate surface area is 194 Å². The Morgan fingerprint density at radius 3 is 2.00 bits per heavy atom. The van der Waals surface area contributed by atoms with Gasteiger partial charge in [-0.25, -0.2) is 4.39 Å². The van der Waals surface area contributed by atoms with Crippen molar-refractivity contribution in [3.05, 3.63) is 71.1 Å². The highest BCUT2D eigenvalue weighted by molar-refractivity contribution is 6.06. The molecule has 0 fully saturated rings. The first kappa shape index (κ1) is 26.5. The molecule has 0 atom stereocenters. The molecule has 36 heavy (non-hydrogen) atoms. The second-order valence-electron chi connectivity index (χ2n) is 7.11. The fourth-order valence-electron chi connectivity index (χ4n) is 2.96. The van der Waals surface area contributed by atoms with Gasteiger partial charge in [-0.2, -0.15) is 40.2 Å². The molecule has 0 aliphatic carbocycles. The van der Waals surface area contributed by atoms with Crippen LogP contribution in [0.5, 0.6) is 0 Å². The number of amides is 2. The van der Waals surface area contributed by atoms with Crippen molar-refractivity contribution in [1.29, 1.82) is 0 Å². The Bertz CT molecular complexity index is 1300. The zero-order valence-corrected chi connectivity index (χ0v) is 17.6. The normalized spacial score (nSPS) is 12.4. The van der Waals surface area contributed by atoms with Crippen LogP contribution in [0.25, 0.3) is 0 Å². The number of carbonyl (C=O) groups excluding carboxylic acids is 2. The quantitative estimate of drug-likeness (QED) is 0.452. The number of anilines is 2. The summed E-state index contributed by atoms with van der Waals surface area (Å²) in [6, 6.07) is 6.43. The molecular weight excluding hydrogens is 513 g/mol. The van der Waals surface area contributed by atoms with Crippen LogP contribution < -0.4 is 10.6 Å². The van der Waals surface area contributed by atoms with Crippen molar-refractivity contribution < 1.29 is 49.1 Å². The maximum absolute atomic E-state index is 13.8. The third-order valence-corrected chi connectivity index (χ3v) is 4.55. The number of hydrogen-bond acceptors (Lipinski definition) is 4. The Balaban J connectivity index is 1.93. The van der Waals surface area contributed by atoms with Crippen LogP contribution in [0.1, 0.15) is 32.2 Å². The number of aryl methyl sites for hydroxylation is 1. The average molecular weight is 525 g/mol. The second-order valence-corrected chi connectivity index (χ2v) is 7.11. The lowest BCUT2D eigenvalue weighted by Crippen LogP contribution is -2.36. The summed E-state index contributed by atoms with van der Waals surface area (Å²) >= 11 is 0. The van der Waals surface area contributed by atoms with Gasteiger partial charge in [-0.1, -0.05) is 0 Å². The van der Waals surface area contributed by atoms with Gasteiger partial charge in [0.15, 0.2) is 5.69 Å². The maximum atomic E-state index is 13.8. The summed E-state index contributed by atoms with van der Waals surface area (Å²) in [5.74, 6) is -9.21. The number of rotatable bonds is 5. The molecule has 2 N–H and O–H groups in total. The molecule has 0 aliphatic rings. The smallest absolute Gasteiger partial charge is 0.321 e. The molecule has 3 aromatic rings. The number of pyridine rings is 1. The van der Waals surface area contributed by atoms with Gasteiger partial charge in [-0.15, -0.1) is 0 Å². The third kappa shape index (κ3) is 5.26. The summed E-state index contributed by atoms with van der Waals surface area (Å²) in [4.78, 5) is 28.6. The van der Waals surface area contributed by atoms with Crippen LogP contribution in [-0.2, 0) is 19.1 Å². The molecule has 2 amide bonds. The Morgan fingerprint density at radius 1 is 0.861 bits per heavy atom. The molecule has 0 aliphatic heterocycles. The van der Waals surface area contributed by atoms with Gasteiger partial charge in [0.25, 0.3) is 11.8 Å². The van der Waals surface area contributed by atoms with Crippen molar-refractivity contribution in [2.75, 3.05) is 10.6 Å². The first-order chi connectivity index (χ1) is 16.5. The van der Waals surface area contributed by atoms with Crippen LogP contribution in [0.4, 0.5) is 50.9 Å². The summed E-state index contributed by atoms with van der Waals surface area (Å²) in [6.45, 7) is 0. The van der Waals surface area contributed by atoms with E-state index in [1.165, 1.54) is 12.1 Å². The number of carbonyl (C=O) groups is 2. The molecule has 0 radical (unpaired) electrons. The molecule has 0 saturated carbocycles. The largest absolute Gasteiger partial charge is 0.459 e. The van der Waals surface area contributed by atoms with Gasteiger partial charge in [0, 0.05) is 24.6 Å². The van der Waals surface area contributed by atoms with Crippen molar-refractivity contribution in [2.24, 2.45) is 7.05 Å². The number of aromatic nitrogens is 3. The number of nitrogens with zero attached hydrogens (tertiary/aromatic N) is 3. The predicted molar refractivity (Wildman–Crippen MR) is 105 cm³/mol. The van der Waals surface area contributed by atoms with Crippen molar-refractivity contribution in [1.82, 2.24) is 14.8 Å². The topological polar surface area (TPSA) is 88.9 Å². The third-order valence-electron chi connectivity index (χ3n) is 4.55. The maximum Gasteiger partial charge on any atom is 0.459 e. The summed E-state index contributed by atoms with van der Waals surface area (Å²) in [5.41, 5.74) is -7.46. The minimum absolute atomic E-state index is 0.0590. The SMILES string of the molecule is Cn1nc(C(F)(F)C(F)(F)F)c(C(F)(F)F)c1C(=O)Nc1ccnc(C(=O)Nc2ccc(F)cc2)c1. The number of benzene rings is 1. The number of hydrogen-bond donors (Lipinski definition) is 2. The van der Waals surface area contributed by atoms with Gasteiger partial charge in [-0.3, -0.25) is 19.3 Å². The molecule has 0 spiro atoms. The van der Waals surface area contributed by atoms with Crippen LogP contribution >= 0.6 is 0 Å². The van der Waals surface area contributed by atoms with Gasteiger partial charge < -0.3 is 10.6 Å². The van der Waals surface area contributed by atoms with E-state index in [0.717, 1.165) is 30.5 Å². The average Bonchev–Trinajstić information content (AvgIpc) is 3.13. The lowest BCUT2D eigenvalue weighted by Gasteiger charge is -2.19. The van der Waals surface area contributed by atoms with E-state index < -0.39 is 52.9 Å². The molecule has 0 unspecified atom stereocenters. The summed E-state index contributed by atoms with van der Waals surface area (Å²) in [7, 11) is 0.578. The van der Waals surface area contributed by atoms with E-state index in [4.69, 9.17) is 0 Å². The van der Waals surface area contributed by atoms with Gasteiger partial charge >= 0.3 is 18.3 Å². The van der Waals surface area contributed by atoms with Gasteiger partial charge in [0.2, 0.25) is 0 Å². The molecular formula is C20H12F9N5O2. The predicted octanol–water partition coefficient (Wildman–Crippen LogP) is 5.13. The van der Waals surface area contributed by atoms with Crippen molar-refractivity contribution in [2.45, 2.75) is 18.3 Å². The first-order valence-electron chi connectivity index (χ1n) is 9.46. The molecule has 0 saturated heterocycles. The lowest BCUT2D eigenvalue weighted by molar-refractivity contribution is -0.292. The molecule has 2 heterocycles. The van der Waals surface area contributed by atoms with E-state index in [1.54, 1.807) is 0 Å². The zero-order chi connectivity index (χ0) is 27.1. The van der Waals surface area contributed by atoms with Crippen LogP contribution in [0.3, 0.4) is 0 Å². The summed E-state index contributed by atoms with van der Waals surface area (Å²) < 4.78 is 119. The van der Waals surface area contributed by atoms with Crippen molar-refractivity contribution in [3.8, 4) is 0 Å². The Hall–Kier alpha value is -4.11. The standard InChI is InChI=1S/C20H12F9N5O2/c1-34-14(13(19(24,25)26)15(33-34)18(22,23)20(27,28)29)17(36)32-11-6-7-30-12(8-11)16(35)31-10-4-2-9(21)3-5-10/h2-8H,1H3,(H,31,35)(H,30,32,36). The highest BCUT2D eigenvalue weighted by atomic mass is 19.4. The first-order valence-corrected chi connectivity index (χ1v) is 9.46. The summed E-state index contributed by atoms with van der Waals surface area (Å²) in [6.07, 6.45) is -11.3. The molecule has 2 aromatic heterocycles. The van der Waals surface area contributed by atoms with Gasteiger partial charge in [-0.05, 0) is 36.4 Å². The molecule has 16 heteroatoms. The van der Waals surface area contributed by atoms with E-state index in [9.17, 15) is 49.1 Å². The second kappa shape index (κ2) is 9.16.